The molecule has 22 heavy (non-hydrogen) atoms. The Bertz CT molecular complexity index is 794. The van der Waals surface area contributed by atoms with Gasteiger partial charge in [-0.3, -0.25) is 0 Å². The van der Waals surface area contributed by atoms with Gasteiger partial charge < -0.3 is 9.88 Å². The Hall–Kier alpha value is -2.69. The number of fused-ring (bicyclic) bond motifs is 1. The van der Waals surface area contributed by atoms with Gasteiger partial charge in [-0.15, -0.1) is 0 Å². The molecule has 3 heterocycles. The number of aromatic nitrogens is 4. The Morgan fingerprint density at radius 1 is 1.14 bits per heavy atom. The minimum absolute atomic E-state index is 0.480. The third-order valence-electron chi connectivity index (χ3n) is 4.05. The lowest BCUT2D eigenvalue weighted by molar-refractivity contribution is 0.585. The highest BCUT2D eigenvalue weighted by atomic mass is 15.2. The maximum absolute atomic E-state index is 4.64. The van der Waals surface area contributed by atoms with Crippen LogP contribution in [0.4, 0.5) is 11.6 Å². The Morgan fingerprint density at radius 3 is 2.86 bits per heavy atom. The molecule has 0 spiro atoms. The van der Waals surface area contributed by atoms with Gasteiger partial charge >= 0.3 is 0 Å². The molecule has 5 heteroatoms. The molecule has 1 atom stereocenters. The second kappa shape index (κ2) is 5.26. The number of imidazole rings is 1. The first kappa shape index (κ1) is 13.0. The lowest BCUT2D eigenvalue weighted by Crippen LogP contribution is -2.03. The van der Waals surface area contributed by atoms with E-state index in [0.717, 1.165) is 35.7 Å². The molecule has 0 radical (unpaired) electrons. The van der Waals surface area contributed by atoms with Gasteiger partial charge in [0.1, 0.15) is 5.82 Å². The van der Waals surface area contributed by atoms with Gasteiger partial charge in [0.2, 0.25) is 5.95 Å². The van der Waals surface area contributed by atoms with Gasteiger partial charge in [0.25, 0.3) is 0 Å². The summed E-state index contributed by atoms with van der Waals surface area (Å²) >= 11 is 0. The van der Waals surface area contributed by atoms with E-state index >= 15 is 0 Å². The van der Waals surface area contributed by atoms with Crippen LogP contribution in [0.25, 0.3) is 11.4 Å². The predicted octanol–water partition coefficient (Wildman–Crippen LogP) is 3.59. The van der Waals surface area contributed by atoms with Crippen molar-refractivity contribution < 1.29 is 0 Å². The summed E-state index contributed by atoms with van der Waals surface area (Å²) in [6.07, 6.45) is 5.89. The van der Waals surface area contributed by atoms with Crippen LogP contribution in [-0.4, -0.2) is 19.5 Å². The lowest BCUT2D eigenvalue weighted by Gasteiger charge is -2.11. The van der Waals surface area contributed by atoms with Gasteiger partial charge in [0, 0.05) is 24.3 Å². The highest BCUT2D eigenvalue weighted by molar-refractivity contribution is 5.59. The van der Waals surface area contributed by atoms with Crippen molar-refractivity contribution in [2.75, 3.05) is 5.32 Å². The fraction of sp³-hybridized carbons (Fsp3) is 0.235. The van der Waals surface area contributed by atoms with Gasteiger partial charge in [0.05, 0.1) is 17.6 Å². The smallest absolute Gasteiger partial charge is 0.227 e. The van der Waals surface area contributed by atoms with E-state index < -0.39 is 0 Å². The second-order valence-corrected chi connectivity index (χ2v) is 5.57. The monoisotopic (exact) mass is 291 g/mol. The first-order valence-electron chi connectivity index (χ1n) is 7.53. The van der Waals surface area contributed by atoms with Crippen LogP contribution in [0.15, 0.2) is 48.8 Å². The molecule has 0 saturated heterocycles. The Kier molecular flexibility index (Phi) is 3.11. The van der Waals surface area contributed by atoms with Gasteiger partial charge in [-0.2, -0.15) is 0 Å². The summed E-state index contributed by atoms with van der Waals surface area (Å²) < 4.78 is 2.29. The van der Waals surface area contributed by atoms with Crippen LogP contribution >= 0.6 is 0 Å². The average molecular weight is 291 g/mol. The van der Waals surface area contributed by atoms with E-state index in [-0.39, 0.29) is 0 Å². The van der Waals surface area contributed by atoms with Crippen molar-refractivity contribution in [1.82, 2.24) is 19.5 Å². The summed E-state index contributed by atoms with van der Waals surface area (Å²) in [6.45, 7) is 2.23. The molecule has 0 bridgehead atoms. The summed E-state index contributed by atoms with van der Waals surface area (Å²) in [5, 5.41) is 3.23. The number of anilines is 2. The molecule has 1 aliphatic rings. The summed E-state index contributed by atoms with van der Waals surface area (Å²) in [6, 6.07) is 12.4. The third-order valence-corrected chi connectivity index (χ3v) is 4.05. The number of hydrogen-bond donors (Lipinski definition) is 1. The van der Waals surface area contributed by atoms with Crippen LogP contribution in [-0.2, 0) is 6.42 Å². The number of benzene rings is 1. The van der Waals surface area contributed by atoms with Crippen LogP contribution < -0.4 is 5.32 Å². The molecule has 1 unspecified atom stereocenters. The number of aryl methyl sites for hydroxylation is 1. The van der Waals surface area contributed by atoms with E-state index in [2.05, 4.69) is 31.8 Å². The number of nitrogens with one attached hydrogen (secondary N) is 1. The van der Waals surface area contributed by atoms with E-state index in [0.29, 0.717) is 12.0 Å². The molecular weight excluding hydrogens is 274 g/mol. The molecule has 1 N–H and O–H groups in total. The molecule has 5 nitrogen and oxygen atoms in total. The zero-order chi connectivity index (χ0) is 14.9. The number of hydrogen-bond acceptors (Lipinski definition) is 4. The van der Waals surface area contributed by atoms with Gasteiger partial charge in [0.15, 0.2) is 0 Å². The molecule has 3 aromatic rings. The Labute approximate surface area is 129 Å². The van der Waals surface area contributed by atoms with Crippen molar-refractivity contribution in [2.24, 2.45) is 0 Å². The molecule has 0 aliphatic carbocycles. The van der Waals surface area contributed by atoms with E-state index in [1.54, 1.807) is 6.20 Å². The minimum Gasteiger partial charge on any atom is -0.324 e. The molecule has 0 fully saturated rings. The van der Waals surface area contributed by atoms with Gasteiger partial charge in [-0.05, 0) is 31.5 Å². The van der Waals surface area contributed by atoms with Gasteiger partial charge in [-0.1, -0.05) is 18.2 Å². The lowest BCUT2D eigenvalue weighted by atomic mass is 10.2. The maximum atomic E-state index is 4.64. The average Bonchev–Trinajstić information content (AvgIpc) is 3.12. The molecule has 1 aromatic carbocycles. The SMILES string of the molecule is CC1CCc2ncc(-c3ccnc(Nc4ccccc4)n3)n21. The standard InChI is InChI=1S/C17H17N5/c1-12-7-8-16-19-11-15(22(12)16)14-9-10-18-17(21-14)20-13-5-3-2-4-6-13/h2-6,9-12H,7-8H2,1H3,(H,18,20,21). The van der Waals surface area contributed by atoms with Crippen molar-refractivity contribution in [3.05, 3.63) is 54.6 Å². The van der Waals surface area contributed by atoms with E-state index in [1.165, 1.54) is 0 Å². The van der Waals surface area contributed by atoms with E-state index in [1.807, 2.05) is 42.6 Å². The summed E-state index contributed by atoms with van der Waals surface area (Å²) in [4.78, 5) is 13.5. The zero-order valence-corrected chi connectivity index (χ0v) is 12.4. The van der Waals surface area contributed by atoms with Crippen LogP contribution in [0.1, 0.15) is 25.2 Å². The van der Waals surface area contributed by atoms with Crippen molar-refractivity contribution in [3.63, 3.8) is 0 Å². The first-order valence-corrected chi connectivity index (χ1v) is 7.53. The second-order valence-electron chi connectivity index (χ2n) is 5.57. The largest absolute Gasteiger partial charge is 0.324 e. The highest BCUT2D eigenvalue weighted by Crippen LogP contribution is 2.31. The number of para-hydroxylation sites is 1. The molecular formula is C17H17N5. The summed E-state index contributed by atoms with van der Waals surface area (Å²) in [5.74, 6) is 1.75. The molecule has 0 saturated carbocycles. The van der Waals surface area contributed by atoms with E-state index in [9.17, 15) is 0 Å². The molecule has 110 valence electrons. The third kappa shape index (κ3) is 2.24. The molecule has 0 amide bonds. The van der Waals surface area contributed by atoms with Crippen molar-refractivity contribution in [2.45, 2.75) is 25.8 Å². The fourth-order valence-corrected chi connectivity index (χ4v) is 2.94. The van der Waals surface area contributed by atoms with E-state index in [4.69, 9.17) is 0 Å². The molecule has 4 rings (SSSR count). The maximum Gasteiger partial charge on any atom is 0.227 e. The Morgan fingerprint density at radius 2 is 2.00 bits per heavy atom. The van der Waals surface area contributed by atoms with Gasteiger partial charge in [-0.25, -0.2) is 15.0 Å². The highest BCUT2D eigenvalue weighted by Gasteiger charge is 2.23. The van der Waals surface area contributed by atoms with Crippen LogP contribution in [0, 0.1) is 0 Å². The fourth-order valence-electron chi connectivity index (χ4n) is 2.94. The van der Waals surface area contributed by atoms with Crippen LogP contribution in [0.3, 0.4) is 0 Å². The predicted molar refractivity (Wildman–Crippen MR) is 86.0 cm³/mol. The van der Waals surface area contributed by atoms with Crippen LogP contribution in [0.2, 0.25) is 0 Å². The van der Waals surface area contributed by atoms with Crippen molar-refractivity contribution >= 4 is 11.6 Å². The summed E-state index contributed by atoms with van der Waals surface area (Å²) in [7, 11) is 0. The Balaban J connectivity index is 1.68. The summed E-state index contributed by atoms with van der Waals surface area (Å²) in [5.41, 5.74) is 2.95. The first-order chi connectivity index (χ1) is 10.8. The normalized spacial score (nSPS) is 16.5. The van der Waals surface area contributed by atoms with Crippen molar-refractivity contribution in [1.29, 1.82) is 0 Å². The molecule has 1 aliphatic heterocycles. The topological polar surface area (TPSA) is 55.6 Å². The number of nitrogens with zero attached hydrogens (tertiary/aromatic N) is 4. The zero-order valence-electron chi connectivity index (χ0n) is 12.4. The van der Waals surface area contributed by atoms with Crippen LogP contribution in [0.5, 0.6) is 0 Å². The minimum atomic E-state index is 0.480. The molecule has 2 aromatic heterocycles. The number of rotatable bonds is 3. The quantitative estimate of drug-likeness (QED) is 0.801. The van der Waals surface area contributed by atoms with Crippen molar-refractivity contribution in [3.8, 4) is 11.4 Å².